The molecule has 0 spiro atoms. The van der Waals surface area contributed by atoms with Crippen molar-refractivity contribution in [3.63, 3.8) is 0 Å². The topological polar surface area (TPSA) is 76.4 Å². The maximum Gasteiger partial charge on any atom is 0.265 e. The highest BCUT2D eigenvalue weighted by Crippen LogP contribution is 2.22. The molecule has 2 aliphatic rings. The molecule has 2 heterocycles. The van der Waals surface area contributed by atoms with Crippen molar-refractivity contribution in [3.8, 4) is 0 Å². The van der Waals surface area contributed by atoms with Crippen LogP contribution in [0.2, 0.25) is 0 Å². The van der Waals surface area contributed by atoms with E-state index in [9.17, 15) is 4.79 Å². The molecule has 2 unspecified atom stereocenters. The van der Waals surface area contributed by atoms with E-state index in [0.717, 1.165) is 0 Å². The maximum atomic E-state index is 11.5. The van der Waals surface area contributed by atoms with E-state index < -0.39 is 6.10 Å². The third kappa shape index (κ3) is 2.08. The smallest absolute Gasteiger partial charge is 0.265 e. The van der Waals surface area contributed by atoms with E-state index in [4.69, 9.17) is 22.1 Å². The van der Waals surface area contributed by atoms with Gasteiger partial charge < -0.3 is 21.1 Å². The molecule has 0 aromatic carbocycles. The zero-order valence-corrected chi connectivity index (χ0v) is 8.75. The van der Waals surface area contributed by atoms with Crippen LogP contribution < -0.4 is 16.4 Å². The number of ether oxygens (including phenoxy) is 1. The molecule has 1 fully saturated rings. The number of fused-ring (bicyclic) bond motifs is 1. The van der Waals surface area contributed by atoms with E-state index in [-0.39, 0.29) is 11.4 Å². The first-order chi connectivity index (χ1) is 7.20. The van der Waals surface area contributed by atoms with E-state index in [2.05, 4.69) is 10.6 Å². The van der Waals surface area contributed by atoms with Crippen LogP contribution in [0.5, 0.6) is 0 Å². The van der Waals surface area contributed by atoms with Gasteiger partial charge >= 0.3 is 0 Å². The summed E-state index contributed by atoms with van der Waals surface area (Å²) in [5.41, 5.74) is 5.68. The lowest BCUT2D eigenvalue weighted by Crippen LogP contribution is -2.44. The second-order valence-corrected chi connectivity index (χ2v) is 3.80. The minimum atomic E-state index is -0.507. The quantitative estimate of drug-likeness (QED) is 0.451. The van der Waals surface area contributed by atoms with Gasteiger partial charge in [-0.1, -0.05) is 11.6 Å². The van der Waals surface area contributed by atoms with Gasteiger partial charge in [0.1, 0.15) is 5.50 Å². The summed E-state index contributed by atoms with van der Waals surface area (Å²) in [6.07, 6.45) is 3.33. The highest BCUT2D eigenvalue weighted by atomic mass is 35.5. The Bertz CT molecular complexity index is 340. The summed E-state index contributed by atoms with van der Waals surface area (Å²) >= 11 is 5.82. The number of alkyl halides is 1. The molecule has 15 heavy (non-hydrogen) atoms. The van der Waals surface area contributed by atoms with Crippen LogP contribution in [-0.2, 0) is 9.53 Å². The Hall–Kier alpha value is -1.20. The number of rotatable bonds is 2. The highest BCUT2D eigenvalue weighted by Gasteiger charge is 2.30. The van der Waals surface area contributed by atoms with Gasteiger partial charge in [-0.15, -0.1) is 0 Å². The molecule has 0 aliphatic carbocycles. The number of halogens is 1. The molecule has 1 saturated heterocycles. The fourth-order valence-electron chi connectivity index (χ4n) is 1.47. The van der Waals surface area contributed by atoms with Crippen LogP contribution in [0.3, 0.4) is 0 Å². The lowest BCUT2D eigenvalue weighted by atomic mass is 10.1. The highest BCUT2D eigenvalue weighted by molar-refractivity contribution is 6.21. The number of hydrogen-bond acceptors (Lipinski definition) is 4. The standard InChI is InChI=1S/C9H12ClN3O2/c10-8-3-5-7(4-12-8)15-6(1-2-11)9(14)13-5/h3-4,6,8,12H,1-2,11H2,(H,13,14). The first-order valence-corrected chi connectivity index (χ1v) is 5.14. The van der Waals surface area contributed by atoms with Crippen LogP contribution in [0.15, 0.2) is 23.7 Å². The molecule has 0 aromatic rings. The fraction of sp³-hybridized carbons (Fsp3) is 0.444. The number of hydrogen-bond donors (Lipinski definition) is 3. The predicted molar refractivity (Wildman–Crippen MR) is 55.6 cm³/mol. The van der Waals surface area contributed by atoms with Gasteiger partial charge in [0.05, 0.1) is 5.70 Å². The molecule has 2 aliphatic heterocycles. The molecule has 82 valence electrons. The SMILES string of the molecule is NCCC1OC2=CNC(Cl)C=C2NC1=O. The van der Waals surface area contributed by atoms with Gasteiger partial charge in [-0.3, -0.25) is 4.79 Å². The van der Waals surface area contributed by atoms with Gasteiger partial charge in [-0.05, 0) is 12.6 Å². The average Bonchev–Trinajstić information content (AvgIpc) is 2.20. The van der Waals surface area contributed by atoms with Crippen molar-refractivity contribution in [2.24, 2.45) is 5.73 Å². The lowest BCUT2D eigenvalue weighted by molar-refractivity contribution is -0.132. The Kier molecular flexibility index (Phi) is 2.83. The van der Waals surface area contributed by atoms with Crippen LogP contribution in [0, 0.1) is 0 Å². The van der Waals surface area contributed by atoms with Crippen molar-refractivity contribution in [3.05, 3.63) is 23.7 Å². The number of amides is 1. The molecule has 6 heteroatoms. The van der Waals surface area contributed by atoms with Crippen LogP contribution in [0.25, 0.3) is 0 Å². The molecule has 2 atom stereocenters. The minimum Gasteiger partial charge on any atom is -0.477 e. The van der Waals surface area contributed by atoms with Gasteiger partial charge in [-0.25, -0.2) is 0 Å². The second kappa shape index (κ2) is 4.12. The van der Waals surface area contributed by atoms with Crippen molar-refractivity contribution in [1.82, 2.24) is 10.6 Å². The minimum absolute atomic E-state index is 0.172. The van der Waals surface area contributed by atoms with Gasteiger partial charge in [0, 0.05) is 12.6 Å². The summed E-state index contributed by atoms with van der Waals surface area (Å²) in [4.78, 5) is 11.5. The number of carbonyl (C=O) groups is 1. The molecule has 0 aromatic heterocycles. The van der Waals surface area contributed by atoms with Crippen molar-refractivity contribution < 1.29 is 9.53 Å². The van der Waals surface area contributed by atoms with Gasteiger partial charge in [-0.2, -0.15) is 0 Å². The van der Waals surface area contributed by atoms with Crippen LogP contribution in [-0.4, -0.2) is 24.1 Å². The second-order valence-electron chi connectivity index (χ2n) is 3.33. The third-order valence-corrected chi connectivity index (χ3v) is 2.45. The first-order valence-electron chi connectivity index (χ1n) is 4.71. The van der Waals surface area contributed by atoms with E-state index >= 15 is 0 Å². The van der Waals surface area contributed by atoms with Crippen molar-refractivity contribution in [2.75, 3.05) is 6.54 Å². The van der Waals surface area contributed by atoms with Crippen LogP contribution >= 0.6 is 11.6 Å². The first kappa shape index (κ1) is 10.3. The normalized spacial score (nSPS) is 29.1. The van der Waals surface area contributed by atoms with Crippen LogP contribution in [0.4, 0.5) is 0 Å². The molecular formula is C9H12ClN3O2. The largest absolute Gasteiger partial charge is 0.477 e. The molecule has 0 radical (unpaired) electrons. The zero-order chi connectivity index (χ0) is 10.8. The Morgan fingerprint density at radius 3 is 3.13 bits per heavy atom. The summed E-state index contributed by atoms with van der Waals surface area (Å²) in [6, 6.07) is 0. The Morgan fingerprint density at radius 1 is 1.60 bits per heavy atom. The summed E-state index contributed by atoms with van der Waals surface area (Å²) < 4.78 is 5.47. The summed E-state index contributed by atoms with van der Waals surface area (Å²) in [6.45, 7) is 0.413. The number of carbonyl (C=O) groups excluding carboxylic acids is 1. The molecule has 5 nitrogen and oxygen atoms in total. The zero-order valence-electron chi connectivity index (χ0n) is 8.00. The number of nitrogens with one attached hydrogen (secondary N) is 2. The molecule has 0 bridgehead atoms. The van der Waals surface area contributed by atoms with E-state index in [0.29, 0.717) is 24.4 Å². The summed E-state index contributed by atoms with van der Waals surface area (Å²) in [5.74, 6) is 0.430. The van der Waals surface area contributed by atoms with Crippen molar-refractivity contribution >= 4 is 17.5 Å². The Labute approximate surface area is 92.3 Å². The average molecular weight is 230 g/mol. The Morgan fingerprint density at radius 2 is 2.40 bits per heavy atom. The molecule has 1 amide bonds. The third-order valence-electron chi connectivity index (χ3n) is 2.20. The van der Waals surface area contributed by atoms with Crippen molar-refractivity contribution in [2.45, 2.75) is 18.0 Å². The monoisotopic (exact) mass is 229 g/mol. The fourth-order valence-corrected chi connectivity index (χ4v) is 1.66. The summed E-state index contributed by atoms with van der Waals surface area (Å²) in [7, 11) is 0. The lowest BCUT2D eigenvalue weighted by Gasteiger charge is -2.30. The van der Waals surface area contributed by atoms with E-state index in [1.807, 2.05) is 0 Å². The number of nitrogens with two attached hydrogens (primary N) is 1. The van der Waals surface area contributed by atoms with Gasteiger partial charge in [0.25, 0.3) is 5.91 Å². The molecule has 2 rings (SSSR count). The van der Waals surface area contributed by atoms with Gasteiger partial charge in [0.2, 0.25) is 0 Å². The Balaban J connectivity index is 2.13. The maximum absolute atomic E-state index is 11.5. The number of morpholine rings is 1. The molecular weight excluding hydrogens is 218 g/mol. The van der Waals surface area contributed by atoms with Gasteiger partial charge in [0.15, 0.2) is 11.9 Å². The van der Waals surface area contributed by atoms with E-state index in [1.165, 1.54) is 0 Å². The summed E-state index contributed by atoms with van der Waals surface area (Å²) in [5, 5.41) is 5.61. The van der Waals surface area contributed by atoms with E-state index in [1.54, 1.807) is 12.3 Å². The van der Waals surface area contributed by atoms with Crippen molar-refractivity contribution in [1.29, 1.82) is 0 Å². The predicted octanol–water partition coefficient (Wildman–Crippen LogP) is -0.256. The number of dihydropyridines is 1. The molecule has 0 saturated carbocycles. The molecule has 4 N–H and O–H groups in total. The van der Waals surface area contributed by atoms with Crippen LogP contribution in [0.1, 0.15) is 6.42 Å².